The van der Waals surface area contributed by atoms with Crippen LogP contribution in [-0.4, -0.2) is 49.5 Å². The minimum absolute atomic E-state index is 0.0298. The van der Waals surface area contributed by atoms with Crippen molar-refractivity contribution in [1.82, 2.24) is 30.0 Å². The fourth-order valence-corrected chi connectivity index (χ4v) is 3.85. The minimum atomic E-state index is -0.782. The Morgan fingerprint density at radius 3 is 2.68 bits per heavy atom. The third-order valence-corrected chi connectivity index (χ3v) is 5.86. The first-order valence-electron chi connectivity index (χ1n) is 11.5. The number of carbonyl (C=O) groups is 1. The number of ether oxygens (including phenoxy) is 1. The third kappa shape index (κ3) is 4.58. The quantitative estimate of drug-likeness (QED) is 0.268. The smallest absolute Gasteiger partial charge is 0.262 e. The number of aryl methyl sites for hydroxylation is 1. The van der Waals surface area contributed by atoms with E-state index in [0.717, 1.165) is 17.3 Å². The lowest BCUT2D eigenvalue weighted by Gasteiger charge is -2.19. The highest BCUT2D eigenvalue weighted by Crippen LogP contribution is 2.35. The molecule has 188 valence electrons. The molecule has 11 heteroatoms. The number of hydrogen-bond acceptors (Lipinski definition) is 6. The Bertz CT molecular complexity index is 1600. The molecule has 0 atom stereocenters. The number of aromatic amines is 2. The van der Waals surface area contributed by atoms with Crippen LogP contribution in [0.3, 0.4) is 0 Å². The van der Waals surface area contributed by atoms with E-state index in [9.17, 15) is 9.18 Å². The van der Waals surface area contributed by atoms with Crippen LogP contribution in [-0.2, 0) is 0 Å². The molecule has 3 N–H and O–H groups in total. The monoisotopic (exact) mass is 503 g/mol. The number of amides is 1. The lowest BCUT2D eigenvalue weighted by Crippen LogP contribution is -2.28. The molecule has 0 radical (unpaired) electrons. The fourth-order valence-electron chi connectivity index (χ4n) is 3.85. The highest BCUT2D eigenvalue weighted by Gasteiger charge is 2.26. The van der Waals surface area contributed by atoms with Crippen LogP contribution in [0.25, 0.3) is 22.2 Å². The summed E-state index contributed by atoms with van der Waals surface area (Å²) >= 11 is 0. The molecular weight excluding hydrogens is 480 g/mol. The number of H-pyrrole nitrogens is 2. The second-order valence-corrected chi connectivity index (χ2v) is 8.39. The standard InChI is InChI=1S/C26H23F2N7O2/c1-4-35(3)26(36)21-24(32-20-12-18(33-34-20)15-8-6-5-7-9-15)29-13-30-25(21)37-19-11-17(27)23-16(22(19)28)10-14(2)31-23/h5-13,31H,4H2,1-3H3,(H2,29,30,32,33,34). The Hall–Kier alpha value is -4.80. The third-order valence-electron chi connectivity index (χ3n) is 5.86. The summed E-state index contributed by atoms with van der Waals surface area (Å²) in [6.07, 6.45) is 1.17. The van der Waals surface area contributed by atoms with Crippen molar-refractivity contribution in [3.05, 3.63) is 77.8 Å². The van der Waals surface area contributed by atoms with Gasteiger partial charge in [-0.1, -0.05) is 30.3 Å². The maximum atomic E-state index is 15.2. The van der Waals surface area contributed by atoms with Crippen molar-refractivity contribution in [1.29, 1.82) is 0 Å². The molecule has 0 saturated carbocycles. The molecule has 5 aromatic rings. The summed E-state index contributed by atoms with van der Waals surface area (Å²) in [4.78, 5) is 25.8. The highest BCUT2D eigenvalue weighted by molar-refractivity contribution is 6.01. The average molecular weight is 504 g/mol. The molecule has 0 spiro atoms. The Morgan fingerprint density at radius 1 is 1.14 bits per heavy atom. The van der Waals surface area contributed by atoms with Crippen LogP contribution >= 0.6 is 0 Å². The van der Waals surface area contributed by atoms with Gasteiger partial charge < -0.3 is 19.9 Å². The number of rotatable bonds is 7. The minimum Gasteiger partial charge on any atom is -0.435 e. The summed E-state index contributed by atoms with van der Waals surface area (Å²) in [6, 6.07) is 13.7. The second kappa shape index (κ2) is 9.69. The molecule has 1 amide bonds. The van der Waals surface area contributed by atoms with Gasteiger partial charge in [-0.05, 0) is 25.5 Å². The zero-order chi connectivity index (χ0) is 26.1. The molecule has 0 unspecified atom stereocenters. The molecule has 0 saturated heterocycles. The van der Waals surface area contributed by atoms with E-state index in [-0.39, 0.29) is 28.2 Å². The van der Waals surface area contributed by atoms with Gasteiger partial charge in [-0.2, -0.15) is 5.10 Å². The number of nitrogens with one attached hydrogen (secondary N) is 3. The summed E-state index contributed by atoms with van der Waals surface area (Å²) < 4.78 is 35.6. The van der Waals surface area contributed by atoms with E-state index in [1.54, 1.807) is 27.0 Å². The van der Waals surface area contributed by atoms with Crippen molar-refractivity contribution >= 4 is 28.4 Å². The Kier molecular flexibility index (Phi) is 6.26. The van der Waals surface area contributed by atoms with Crippen molar-refractivity contribution in [3.63, 3.8) is 0 Å². The van der Waals surface area contributed by atoms with E-state index < -0.39 is 23.3 Å². The van der Waals surface area contributed by atoms with Crippen LogP contribution in [0.1, 0.15) is 23.0 Å². The van der Waals surface area contributed by atoms with Crippen molar-refractivity contribution in [2.24, 2.45) is 0 Å². The molecule has 0 aliphatic rings. The van der Waals surface area contributed by atoms with Crippen LogP contribution in [0.4, 0.5) is 20.4 Å². The molecule has 0 aliphatic heterocycles. The van der Waals surface area contributed by atoms with Gasteiger partial charge in [0.25, 0.3) is 5.91 Å². The van der Waals surface area contributed by atoms with Gasteiger partial charge in [0, 0.05) is 36.8 Å². The molecule has 0 fully saturated rings. The van der Waals surface area contributed by atoms with E-state index in [0.29, 0.717) is 18.1 Å². The van der Waals surface area contributed by atoms with Crippen LogP contribution in [0.2, 0.25) is 0 Å². The summed E-state index contributed by atoms with van der Waals surface area (Å²) in [6.45, 7) is 3.87. The van der Waals surface area contributed by atoms with Crippen LogP contribution in [0.5, 0.6) is 11.6 Å². The lowest BCUT2D eigenvalue weighted by atomic mass is 10.1. The van der Waals surface area contributed by atoms with E-state index >= 15 is 4.39 Å². The molecule has 37 heavy (non-hydrogen) atoms. The van der Waals surface area contributed by atoms with Crippen molar-refractivity contribution < 1.29 is 18.3 Å². The normalized spacial score (nSPS) is 11.1. The first-order chi connectivity index (χ1) is 17.9. The van der Waals surface area contributed by atoms with Gasteiger partial charge in [-0.3, -0.25) is 9.89 Å². The molecule has 3 aromatic heterocycles. The Morgan fingerprint density at radius 2 is 1.92 bits per heavy atom. The van der Waals surface area contributed by atoms with E-state index in [1.807, 2.05) is 30.3 Å². The fraction of sp³-hybridized carbons (Fsp3) is 0.154. The van der Waals surface area contributed by atoms with E-state index in [4.69, 9.17) is 4.74 Å². The predicted octanol–water partition coefficient (Wildman–Crippen LogP) is 5.56. The first kappa shape index (κ1) is 23.9. The molecule has 3 heterocycles. The van der Waals surface area contributed by atoms with Gasteiger partial charge in [0.05, 0.1) is 11.2 Å². The van der Waals surface area contributed by atoms with Crippen LogP contribution in [0, 0.1) is 18.6 Å². The zero-order valence-corrected chi connectivity index (χ0v) is 20.3. The second-order valence-electron chi connectivity index (χ2n) is 8.39. The topological polar surface area (TPSA) is 112 Å². The molecule has 0 bridgehead atoms. The number of carbonyl (C=O) groups excluding carboxylic acids is 1. The van der Waals surface area contributed by atoms with Crippen LogP contribution < -0.4 is 10.1 Å². The van der Waals surface area contributed by atoms with Gasteiger partial charge in [0.1, 0.15) is 11.9 Å². The van der Waals surface area contributed by atoms with Crippen molar-refractivity contribution in [3.8, 4) is 22.9 Å². The molecular formula is C26H23F2N7O2. The zero-order valence-electron chi connectivity index (χ0n) is 20.3. The van der Waals surface area contributed by atoms with Gasteiger partial charge in [-0.25, -0.2) is 18.7 Å². The maximum Gasteiger partial charge on any atom is 0.262 e. The van der Waals surface area contributed by atoms with Gasteiger partial charge in [0.15, 0.2) is 29.0 Å². The first-order valence-corrected chi connectivity index (χ1v) is 11.5. The van der Waals surface area contributed by atoms with E-state index in [2.05, 4.69) is 30.5 Å². The SMILES string of the molecule is CCN(C)C(=O)c1c(Nc2cc(-c3ccccc3)[nH]n2)ncnc1Oc1cc(F)c2[nH]c(C)cc2c1F. The highest BCUT2D eigenvalue weighted by atomic mass is 19.1. The van der Waals surface area contributed by atoms with Crippen molar-refractivity contribution in [2.45, 2.75) is 13.8 Å². The average Bonchev–Trinajstić information content (AvgIpc) is 3.54. The Labute approximate surface area is 210 Å². The van der Waals surface area contributed by atoms with E-state index in [1.165, 1.54) is 17.3 Å². The summed E-state index contributed by atoms with van der Waals surface area (Å²) in [5.74, 6) is -2.11. The number of halogens is 2. The number of benzene rings is 2. The summed E-state index contributed by atoms with van der Waals surface area (Å²) in [7, 11) is 1.60. The van der Waals surface area contributed by atoms with Crippen molar-refractivity contribution in [2.75, 3.05) is 18.9 Å². The largest absolute Gasteiger partial charge is 0.435 e. The molecule has 9 nitrogen and oxygen atoms in total. The predicted molar refractivity (Wildman–Crippen MR) is 135 cm³/mol. The number of nitrogens with zero attached hydrogens (tertiary/aromatic N) is 4. The summed E-state index contributed by atoms with van der Waals surface area (Å²) in [5, 5.41) is 10.2. The van der Waals surface area contributed by atoms with Gasteiger partial charge in [0.2, 0.25) is 5.88 Å². The number of anilines is 2. The number of aromatic nitrogens is 5. The number of fused-ring (bicyclic) bond motifs is 1. The van der Waals surface area contributed by atoms with Crippen LogP contribution in [0.15, 0.2) is 54.9 Å². The molecule has 2 aromatic carbocycles. The lowest BCUT2D eigenvalue weighted by molar-refractivity contribution is 0.0799. The summed E-state index contributed by atoms with van der Waals surface area (Å²) in [5.41, 5.74) is 2.24. The maximum absolute atomic E-state index is 15.2. The van der Waals surface area contributed by atoms with Gasteiger partial charge in [-0.15, -0.1) is 0 Å². The molecule has 5 rings (SSSR count). The van der Waals surface area contributed by atoms with Gasteiger partial charge >= 0.3 is 0 Å². The Balaban J connectivity index is 1.55. The number of hydrogen-bond donors (Lipinski definition) is 3. The molecule has 0 aliphatic carbocycles.